The molecule has 2 heterocycles. The van der Waals surface area contributed by atoms with Gasteiger partial charge in [0.15, 0.2) is 0 Å². The predicted octanol–water partition coefficient (Wildman–Crippen LogP) is 1.50. The highest BCUT2D eigenvalue weighted by molar-refractivity contribution is 7.80. The molecule has 0 spiro atoms. The van der Waals surface area contributed by atoms with E-state index in [4.69, 9.17) is 4.74 Å². The Morgan fingerprint density at radius 2 is 2.14 bits per heavy atom. The SMILES string of the molecule is COc1cc(Cc2c[nH]c(=O)[nH]c2=O)c2cccnc2c1S. The summed E-state index contributed by atoms with van der Waals surface area (Å²) in [5.74, 6) is 0.588. The average molecular weight is 315 g/mol. The lowest BCUT2D eigenvalue weighted by Gasteiger charge is -2.11. The Bertz CT molecular complexity index is 962. The van der Waals surface area contributed by atoms with Crippen molar-refractivity contribution in [3.05, 3.63) is 62.6 Å². The molecule has 0 saturated heterocycles. The number of nitrogens with zero attached hydrogens (tertiary/aromatic N) is 1. The van der Waals surface area contributed by atoms with E-state index in [1.807, 2.05) is 18.2 Å². The third-order valence-corrected chi connectivity index (χ3v) is 3.85. The maximum Gasteiger partial charge on any atom is 0.325 e. The molecule has 2 aromatic heterocycles. The Kier molecular flexibility index (Phi) is 3.72. The molecule has 0 aliphatic heterocycles. The molecule has 0 aliphatic carbocycles. The van der Waals surface area contributed by atoms with Gasteiger partial charge in [-0.1, -0.05) is 6.07 Å². The van der Waals surface area contributed by atoms with Gasteiger partial charge in [0.05, 0.1) is 17.5 Å². The van der Waals surface area contributed by atoms with Gasteiger partial charge in [0, 0.05) is 29.8 Å². The smallest absolute Gasteiger partial charge is 0.325 e. The maximum absolute atomic E-state index is 11.9. The summed E-state index contributed by atoms with van der Waals surface area (Å²) >= 11 is 4.45. The molecule has 0 saturated carbocycles. The average Bonchev–Trinajstić information content (AvgIpc) is 2.52. The molecule has 6 nitrogen and oxygen atoms in total. The molecular formula is C15H13N3O3S. The van der Waals surface area contributed by atoms with Crippen LogP contribution in [-0.4, -0.2) is 22.1 Å². The summed E-state index contributed by atoms with van der Waals surface area (Å²) in [7, 11) is 1.56. The van der Waals surface area contributed by atoms with Gasteiger partial charge in [-0.15, -0.1) is 12.6 Å². The summed E-state index contributed by atoms with van der Waals surface area (Å²) in [6.07, 6.45) is 3.45. The first-order valence-corrected chi connectivity index (χ1v) is 6.99. The molecule has 0 bridgehead atoms. The lowest BCUT2D eigenvalue weighted by molar-refractivity contribution is 0.405. The Labute approximate surface area is 130 Å². The van der Waals surface area contributed by atoms with E-state index in [0.717, 1.165) is 10.9 Å². The van der Waals surface area contributed by atoms with Crippen LogP contribution >= 0.6 is 12.6 Å². The molecule has 0 radical (unpaired) electrons. The Morgan fingerprint density at radius 3 is 2.86 bits per heavy atom. The predicted molar refractivity (Wildman–Crippen MR) is 86.0 cm³/mol. The number of H-pyrrole nitrogens is 2. The molecule has 0 aliphatic rings. The fourth-order valence-electron chi connectivity index (χ4n) is 2.35. The third-order valence-electron chi connectivity index (χ3n) is 3.41. The fraction of sp³-hybridized carbons (Fsp3) is 0.133. The van der Waals surface area contributed by atoms with E-state index in [0.29, 0.717) is 28.1 Å². The quantitative estimate of drug-likeness (QED) is 0.639. The minimum absolute atomic E-state index is 0.346. The highest BCUT2D eigenvalue weighted by Crippen LogP contribution is 2.33. The van der Waals surface area contributed by atoms with Crippen LogP contribution in [0.2, 0.25) is 0 Å². The molecule has 0 fully saturated rings. The number of rotatable bonds is 3. The van der Waals surface area contributed by atoms with Gasteiger partial charge in [-0.25, -0.2) is 4.79 Å². The van der Waals surface area contributed by atoms with E-state index in [2.05, 4.69) is 27.6 Å². The summed E-state index contributed by atoms with van der Waals surface area (Å²) in [6, 6.07) is 5.57. The van der Waals surface area contributed by atoms with Gasteiger partial charge in [0.2, 0.25) is 0 Å². The lowest BCUT2D eigenvalue weighted by Crippen LogP contribution is -2.24. The Balaban J connectivity index is 2.20. The molecule has 1 aromatic carbocycles. The van der Waals surface area contributed by atoms with Crippen molar-refractivity contribution in [2.45, 2.75) is 11.3 Å². The van der Waals surface area contributed by atoms with E-state index in [9.17, 15) is 9.59 Å². The number of nitrogens with one attached hydrogen (secondary N) is 2. The largest absolute Gasteiger partial charge is 0.496 e. The number of benzene rings is 1. The number of thiol groups is 1. The van der Waals surface area contributed by atoms with Gasteiger partial charge in [-0.2, -0.15) is 0 Å². The first-order valence-electron chi connectivity index (χ1n) is 6.54. The first-order chi connectivity index (χ1) is 10.6. The van der Waals surface area contributed by atoms with Crippen molar-refractivity contribution in [2.75, 3.05) is 7.11 Å². The molecule has 7 heteroatoms. The van der Waals surface area contributed by atoms with E-state index in [1.165, 1.54) is 6.20 Å². The minimum Gasteiger partial charge on any atom is -0.496 e. The van der Waals surface area contributed by atoms with E-state index >= 15 is 0 Å². The zero-order valence-electron chi connectivity index (χ0n) is 11.7. The zero-order chi connectivity index (χ0) is 15.7. The van der Waals surface area contributed by atoms with Crippen LogP contribution in [0, 0.1) is 0 Å². The molecule has 0 unspecified atom stereocenters. The number of fused-ring (bicyclic) bond motifs is 1. The number of aromatic nitrogens is 3. The standard InChI is InChI=1S/C15H13N3O3S/c1-21-11-6-8(5-9-7-17-15(20)18-14(9)19)10-3-2-4-16-12(10)13(11)22/h2-4,6-7,22H,5H2,1H3,(H2,17,18,19,20). The van der Waals surface area contributed by atoms with Crippen molar-refractivity contribution >= 4 is 23.5 Å². The molecule has 22 heavy (non-hydrogen) atoms. The Morgan fingerprint density at radius 1 is 1.32 bits per heavy atom. The molecule has 0 atom stereocenters. The van der Waals surface area contributed by atoms with Crippen LogP contribution in [0.25, 0.3) is 10.9 Å². The number of pyridine rings is 1. The summed E-state index contributed by atoms with van der Waals surface area (Å²) in [5.41, 5.74) is 1.10. The Hall–Kier alpha value is -2.54. The second-order valence-electron chi connectivity index (χ2n) is 4.76. The third kappa shape index (κ3) is 2.50. The topological polar surface area (TPSA) is 87.8 Å². The van der Waals surface area contributed by atoms with Crippen molar-refractivity contribution in [1.29, 1.82) is 0 Å². The van der Waals surface area contributed by atoms with Gasteiger partial charge in [0.25, 0.3) is 5.56 Å². The first kappa shape index (κ1) is 14.4. The minimum atomic E-state index is -0.524. The van der Waals surface area contributed by atoms with E-state index < -0.39 is 11.2 Å². The summed E-state index contributed by atoms with van der Waals surface area (Å²) in [4.78, 5) is 32.6. The van der Waals surface area contributed by atoms with Gasteiger partial charge in [-0.05, 0) is 17.7 Å². The second-order valence-corrected chi connectivity index (χ2v) is 5.21. The van der Waals surface area contributed by atoms with Gasteiger partial charge in [-0.3, -0.25) is 14.8 Å². The van der Waals surface area contributed by atoms with Gasteiger partial charge in [0.1, 0.15) is 5.75 Å². The fourth-order valence-corrected chi connectivity index (χ4v) is 2.68. The van der Waals surface area contributed by atoms with Crippen LogP contribution in [0.4, 0.5) is 0 Å². The van der Waals surface area contributed by atoms with Crippen LogP contribution in [0.15, 0.2) is 45.1 Å². The molecular weight excluding hydrogens is 302 g/mol. The highest BCUT2D eigenvalue weighted by Gasteiger charge is 2.13. The van der Waals surface area contributed by atoms with Crippen molar-refractivity contribution < 1.29 is 4.74 Å². The van der Waals surface area contributed by atoms with Gasteiger partial charge >= 0.3 is 5.69 Å². The molecule has 112 valence electrons. The summed E-state index contributed by atoms with van der Waals surface area (Å²) < 4.78 is 5.32. The van der Waals surface area contributed by atoms with Crippen LogP contribution in [0.1, 0.15) is 11.1 Å². The van der Waals surface area contributed by atoms with Crippen LogP contribution in [0.5, 0.6) is 5.75 Å². The number of hydrogen-bond donors (Lipinski definition) is 3. The number of ether oxygens (including phenoxy) is 1. The monoisotopic (exact) mass is 315 g/mol. The number of aromatic amines is 2. The van der Waals surface area contributed by atoms with Crippen molar-refractivity contribution in [1.82, 2.24) is 15.0 Å². The number of methoxy groups -OCH3 is 1. The second kappa shape index (κ2) is 5.69. The summed E-state index contributed by atoms with van der Waals surface area (Å²) in [6.45, 7) is 0. The summed E-state index contributed by atoms with van der Waals surface area (Å²) in [5, 5.41) is 0.888. The molecule has 0 amide bonds. The van der Waals surface area contributed by atoms with Crippen molar-refractivity contribution in [2.24, 2.45) is 0 Å². The van der Waals surface area contributed by atoms with Crippen molar-refractivity contribution in [3.63, 3.8) is 0 Å². The zero-order valence-corrected chi connectivity index (χ0v) is 12.6. The van der Waals surface area contributed by atoms with Crippen LogP contribution < -0.4 is 16.0 Å². The lowest BCUT2D eigenvalue weighted by atomic mass is 10.0. The van der Waals surface area contributed by atoms with Gasteiger partial charge < -0.3 is 9.72 Å². The molecule has 3 aromatic rings. The molecule has 3 rings (SSSR count). The highest BCUT2D eigenvalue weighted by atomic mass is 32.1. The number of hydrogen-bond acceptors (Lipinski definition) is 5. The van der Waals surface area contributed by atoms with Crippen LogP contribution in [-0.2, 0) is 6.42 Å². The maximum atomic E-state index is 11.9. The van der Waals surface area contributed by atoms with Crippen molar-refractivity contribution in [3.8, 4) is 5.75 Å². The molecule has 2 N–H and O–H groups in total. The van der Waals surface area contributed by atoms with Crippen LogP contribution in [0.3, 0.4) is 0 Å². The van der Waals surface area contributed by atoms with E-state index in [1.54, 1.807) is 13.3 Å². The normalized spacial score (nSPS) is 10.8. The van der Waals surface area contributed by atoms with E-state index in [-0.39, 0.29) is 0 Å².